The minimum Gasteiger partial charge on any atom is -0.497 e. The van der Waals surface area contributed by atoms with Crippen molar-refractivity contribution in [2.45, 2.75) is 0 Å². The number of esters is 1. The van der Waals surface area contributed by atoms with Crippen molar-refractivity contribution in [3.8, 4) is 5.75 Å². The second-order valence-corrected chi connectivity index (χ2v) is 6.17. The van der Waals surface area contributed by atoms with E-state index in [1.807, 2.05) is 24.3 Å². The summed E-state index contributed by atoms with van der Waals surface area (Å²) in [5, 5.41) is 2.87. The van der Waals surface area contributed by atoms with Crippen LogP contribution in [0.4, 0.5) is 16.2 Å². The number of methoxy groups -OCH3 is 2. The van der Waals surface area contributed by atoms with Crippen molar-refractivity contribution in [2.24, 2.45) is 0 Å². The zero-order chi connectivity index (χ0) is 19.2. The summed E-state index contributed by atoms with van der Waals surface area (Å²) in [6, 6.07) is 14.4. The smallest absolute Gasteiger partial charge is 0.337 e. The van der Waals surface area contributed by atoms with Crippen molar-refractivity contribution >= 4 is 23.4 Å². The molecule has 3 rings (SSSR count). The third-order valence-electron chi connectivity index (χ3n) is 4.56. The van der Waals surface area contributed by atoms with Gasteiger partial charge in [-0.25, -0.2) is 9.59 Å². The standard InChI is InChI=1S/C20H23N3O4/c1-26-18-9-7-17(8-10-18)22-11-13-23(14-12-22)20(25)21-16-5-3-15(4-6-16)19(24)27-2/h3-10H,11-14H2,1-2H3,(H,21,25). The molecule has 1 aliphatic heterocycles. The topological polar surface area (TPSA) is 71.1 Å². The zero-order valence-corrected chi connectivity index (χ0v) is 15.5. The van der Waals surface area contributed by atoms with Crippen LogP contribution in [0, 0.1) is 0 Å². The van der Waals surface area contributed by atoms with Crippen molar-refractivity contribution in [1.29, 1.82) is 0 Å². The van der Waals surface area contributed by atoms with Crippen molar-refractivity contribution in [3.63, 3.8) is 0 Å². The third kappa shape index (κ3) is 4.49. The molecule has 0 aromatic heterocycles. The number of hydrogen-bond donors (Lipinski definition) is 1. The molecule has 0 spiro atoms. The van der Waals surface area contributed by atoms with Crippen LogP contribution in [0.1, 0.15) is 10.4 Å². The molecule has 0 saturated carbocycles. The van der Waals surface area contributed by atoms with Gasteiger partial charge in [-0.2, -0.15) is 0 Å². The summed E-state index contributed by atoms with van der Waals surface area (Å²) < 4.78 is 9.85. The van der Waals surface area contributed by atoms with Crippen LogP contribution in [0.5, 0.6) is 5.75 Å². The molecule has 1 saturated heterocycles. The monoisotopic (exact) mass is 369 g/mol. The molecule has 2 amide bonds. The molecule has 142 valence electrons. The molecule has 7 heteroatoms. The van der Waals surface area contributed by atoms with Crippen molar-refractivity contribution in [3.05, 3.63) is 54.1 Å². The fourth-order valence-electron chi connectivity index (χ4n) is 2.97. The number of benzene rings is 2. The summed E-state index contributed by atoms with van der Waals surface area (Å²) in [6.45, 7) is 2.80. The predicted octanol–water partition coefficient (Wildman–Crippen LogP) is 2.84. The number of rotatable bonds is 4. The van der Waals surface area contributed by atoms with Gasteiger partial charge >= 0.3 is 12.0 Å². The normalized spacial score (nSPS) is 13.9. The molecular weight excluding hydrogens is 346 g/mol. The fraction of sp³-hybridized carbons (Fsp3) is 0.300. The molecule has 0 atom stereocenters. The van der Waals surface area contributed by atoms with Crippen molar-refractivity contribution < 1.29 is 19.1 Å². The largest absolute Gasteiger partial charge is 0.497 e. The molecule has 1 aliphatic rings. The van der Waals surface area contributed by atoms with Gasteiger partial charge in [0.05, 0.1) is 19.8 Å². The Hall–Kier alpha value is -3.22. The van der Waals surface area contributed by atoms with Gasteiger partial charge in [0.1, 0.15) is 5.75 Å². The Morgan fingerprint density at radius 1 is 0.889 bits per heavy atom. The fourth-order valence-corrected chi connectivity index (χ4v) is 2.97. The molecule has 2 aromatic rings. The number of amides is 2. The van der Waals surface area contributed by atoms with Crippen LogP contribution in [0.3, 0.4) is 0 Å². The maximum atomic E-state index is 12.5. The lowest BCUT2D eigenvalue weighted by molar-refractivity contribution is 0.0600. The Morgan fingerprint density at radius 3 is 2.07 bits per heavy atom. The van der Waals surface area contributed by atoms with Crippen LogP contribution >= 0.6 is 0 Å². The maximum absolute atomic E-state index is 12.5. The van der Waals surface area contributed by atoms with Gasteiger partial charge in [-0.1, -0.05) is 0 Å². The highest BCUT2D eigenvalue weighted by Crippen LogP contribution is 2.21. The quantitative estimate of drug-likeness (QED) is 0.839. The van der Waals surface area contributed by atoms with E-state index in [1.165, 1.54) is 7.11 Å². The second kappa shape index (κ2) is 8.44. The molecule has 0 aliphatic carbocycles. The zero-order valence-electron chi connectivity index (χ0n) is 15.5. The van der Waals surface area contributed by atoms with Crippen LogP contribution < -0.4 is 15.0 Å². The molecule has 27 heavy (non-hydrogen) atoms. The summed E-state index contributed by atoms with van der Waals surface area (Å²) in [4.78, 5) is 27.9. The van der Waals surface area contributed by atoms with E-state index in [0.29, 0.717) is 24.3 Å². The Kier molecular flexibility index (Phi) is 5.80. The van der Waals surface area contributed by atoms with E-state index in [9.17, 15) is 9.59 Å². The van der Waals surface area contributed by atoms with Crippen molar-refractivity contribution in [1.82, 2.24) is 4.90 Å². The van der Waals surface area contributed by atoms with Gasteiger partial charge < -0.3 is 24.6 Å². The SMILES string of the molecule is COC(=O)c1ccc(NC(=O)N2CCN(c3ccc(OC)cc3)CC2)cc1. The summed E-state index contributed by atoms with van der Waals surface area (Å²) in [5.74, 6) is 0.428. The van der Waals surface area contributed by atoms with E-state index in [-0.39, 0.29) is 6.03 Å². The van der Waals surface area contributed by atoms with Gasteiger partial charge in [0.2, 0.25) is 0 Å². The average molecular weight is 369 g/mol. The second-order valence-electron chi connectivity index (χ2n) is 6.17. The first kappa shape index (κ1) is 18.6. The lowest BCUT2D eigenvalue weighted by atomic mass is 10.2. The van der Waals surface area contributed by atoms with Crippen LogP contribution in [-0.4, -0.2) is 57.3 Å². The Morgan fingerprint density at radius 2 is 1.52 bits per heavy atom. The lowest BCUT2D eigenvalue weighted by Gasteiger charge is -2.36. The number of urea groups is 1. The van der Waals surface area contributed by atoms with Crippen LogP contribution in [-0.2, 0) is 4.74 Å². The number of piperazine rings is 1. The van der Waals surface area contributed by atoms with Crippen LogP contribution in [0.15, 0.2) is 48.5 Å². The molecule has 0 unspecified atom stereocenters. The predicted molar refractivity (Wildman–Crippen MR) is 104 cm³/mol. The minimum atomic E-state index is -0.400. The number of nitrogens with one attached hydrogen (secondary N) is 1. The van der Waals surface area contributed by atoms with Crippen LogP contribution in [0.25, 0.3) is 0 Å². The molecule has 7 nitrogen and oxygen atoms in total. The minimum absolute atomic E-state index is 0.143. The Balaban J connectivity index is 1.52. The Labute approximate surface area is 158 Å². The van der Waals surface area contributed by atoms with Gasteiger partial charge in [0.15, 0.2) is 0 Å². The number of nitrogens with zero attached hydrogens (tertiary/aromatic N) is 2. The van der Waals surface area contributed by atoms with E-state index in [4.69, 9.17) is 4.74 Å². The highest BCUT2D eigenvalue weighted by molar-refractivity contribution is 5.92. The number of carbonyl (C=O) groups excluding carboxylic acids is 2. The molecule has 1 fully saturated rings. The average Bonchev–Trinajstić information content (AvgIpc) is 2.74. The highest BCUT2D eigenvalue weighted by Gasteiger charge is 2.21. The summed E-state index contributed by atoms with van der Waals surface area (Å²) >= 11 is 0. The van der Waals surface area contributed by atoms with Gasteiger partial charge in [-0.3, -0.25) is 0 Å². The van der Waals surface area contributed by atoms with Crippen molar-refractivity contribution in [2.75, 3.05) is 50.6 Å². The van der Waals surface area contributed by atoms with E-state index < -0.39 is 5.97 Å². The number of ether oxygens (including phenoxy) is 2. The van der Waals surface area contributed by atoms with E-state index in [2.05, 4.69) is 15.0 Å². The van der Waals surface area contributed by atoms with Gasteiger partial charge in [0.25, 0.3) is 0 Å². The van der Waals surface area contributed by atoms with E-state index >= 15 is 0 Å². The number of anilines is 2. The molecule has 2 aromatic carbocycles. The number of carbonyl (C=O) groups is 2. The number of hydrogen-bond acceptors (Lipinski definition) is 5. The van der Waals surface area contributed by atoms with Gasteiger partial charge in [-0.15, -0.1) is 0 Å². The highest BCUT2D eigenvalue weighted by atomic mass is 16.5. The maximum Gasteiger partial charge on any atom is 0.337 e. The lowest BCUT2D eigenvalue weighted by Crippen LogP contribution is -2.50. The van der Waals surface area contributed by atoms with E-state index in [1.54, 1.807) is 36.3 Å². The van der Waals surface area contributed by atoms with Gasteiger partial charge in [-0.05, 0) is 48.5 Å². The molecular formula is C20H23N3O4. The summed E-state index contributed by atoms with van der Waals surface area (Å²) in [6.07, 6.45) is 0. The first-order valence-corrected chi connectivity index (χ1v) is 8.74. The van der Waals surface area contributed by atoms with Gasteiger partial charge in [0, 0.05) is 37.6 Å². The molecule has 0 radical (unpaired) electrons. The molecule has 1 N–H and O–H groups in total. The first-order chi connectivity index (χ1) is 13.1. The third-order valence-corrected chi connectivity index (χ3v) is 4.56. The first-order valence-electron chi connectivity index (χ1n) is 8.74. The van der Waals surface area contributed by atoms with Crippen LogP contribution in [0.2, 0.25) is 0 Å². The Bertz CT molecular complexity index is 782. The molecule has 1 heterocycles. The molecule has 0 bridgehead atoms. The summed E-state index contributed by atoms with van der Waals surface area (Å²) in [7, 11) is 2.99. The van der Waals surface area contributed by atoms with E-state index in [0.717, 1.165) is 24.5 Å². The summed E-state index contributed by atoms with van der Waals surface area (Å²) in [5.41, 5.74) is 2.21.